The molecule has 2 aromatic carbocycles. The van der Waals surface area contributed by atoms with Crippen LogP contribution in [0.15, 0.2) is 51.8 Å². The molecule has 0 fully saturated rings. The Morgan fingerprint density at radius 2 is 1.91 bits per heavy atom. The van der Waals surface area contributed by atoms with E-state index in [4.69, 9.17) is 9.47 Å². The summed E-state index contributed by atoms with van der Waals surface area (Å²) >= 11 is 3.31. The predicted molar refractivity (Wildman–Crippen MR) is 90.0 cm³/mol. The number of benzene rings is 2. The van der Waals surface area contributed by atoms with Gasteiger partial charge in [0.25, 0.3) is 0 Å². The Hall–Kier alpha value is -1.57. The van der Waals surface area contributed by atoms with Gasteiger partial charge in [-0.25, -0.2) is 8.42 Å². The van der Waals surface area contributed by atoms with Crippen LogP contribution in [-0.2, 0) is 16.6 Å². The van der Waals surface area contributed by atoms with E-state index in [2.05, 4.69) is 15.9 Å². The summed E-state index contributed by atoms with van der Waals surface area (Å²) < 4.78 is 38.4. The van der Waals surface area contributed by atoms with E-state index < -0.39 is 10.0 Å². The maximum absolute atomic E-state index is 12.8. The van der Waals surface area contributed by atoms with E-state index >= 15 is 0 Å². The first-order valence-electron chi connectivity index (χ1n) is 7.15. The summed E-state index contributed by atoms with van der Waals surface area (Å²) in [4.78, 5) is 0.273. The molecule has 0 bridgehead atoms. The van der Waals surface area contributed by atoms with Crippen LogP contribution in [-0.4, -0.2) is 26.1 Å². The second-order valence-electron chi connectivity index (χ2n) is 5.08. The van der Waals surface area contributed by atoms with Gasteiger partial charge >= 0.3 is 0 Å². The van der Waals surface area contributed by atoms with Crippen molar-refractivity contribution in [1.29, 1.82) is 0 Å². The van der Waals surface area contributed by atoms with Gasteiger partial charge in [0.1, 0.15) is 0 Å². The lowest BCUT2D eigenvalue weighted by Gasteiger charge is -2.21. The maximum Gasteiger partial charge on any atom is 0.243 e. The molecule has 2 aromatic rings. The van der Waals surface area contributed by atoms with Crippen molar-refractivity contribution in [2.75, 3.05) is 13.3 Å². The highest BCUT2D eigenvalue weighted by molar-refractivity contribution is 9.10. The third-order valence-corrected chi connectivity index (χ3v) is 5.99. The Balaban J connectivity index is 1.87. The van der Waals surface area contributed by atoms with Crippen LogP contribution in [0.2, 0.25) is 0 Å². The summed E-state index contributed by atoms with van der Waals surface area (Å²) in [6.07, 6.45) is 0. The molecule has 0 saturated heterocycles. The molecule has 3 rings (SSSR count). The fraction of sp³-hybridized carbons (Fsp3) is 0.250. The van der Waals surface area contributed by atoms with Gasteiger partial charge in [0.05, 0.1) is 4.90 Å². The number of nitrogens with zero attached hydrogens (tertiary/aromatic N) is 1. The number of sulfonamides is 1. The number of ether oxygens (including phenoxy) is 2. The number of hydrogen-bond acceptors (Lipinski definition) is 4. The van der Waals surface area contributed by atoms with Crippen molar-refractivity contribution < 1.29 is 17.9 Å². The van der Waals surface area contributed by atoms with Crippen LogP contribution in [0.5, 0.6) is 11.5 Å². The minimum atomic E-state index is -3.55. The Labute approximate surface area is 144 Å². The van der Waals surface area contributed by atoms with E-state index in [0.717, 1.165) is 10.0 Å². The number of halogens is 1. The summed E-state index contributed by atoms with van der Waals surface area (Å²) in [5.74, 6) is 1.34. The topological polar surface area (TPSA) is 55.8 Å². The monoisotopic (exact) mass is 397 g/mol. The normalized spacial score (nSPS) is 13.5. The second kappa shape index (κ2) is 6.51. The molecule has 1 aliphatic rings. The molecule has 0 atom stereocenters. The molecule has 0 saturated carbocycles. The van der Waals surface area contributed by atoms with Gasteiger partial charge in [0.2, 0.25) is 16.8 Å². The summed E-state index contributed by atoms with van der Waals surface area (Å²) in [5.41, 5.74) is 0.856. The minimum absolute atomic E-state index is 0.201. The molecule has 23 heavy (non-hydrogen) atoms. The molecule has 122 valence electrons. The van der Waals surface area contributed by atoms with Gasteiger partial charge in [0.15, 0.2) is 11.5 Å². The molecular weight excluding hydrogens is 382 g/mol. The summed E-state index contributed by atoms with van der Waals surface area (Å²) in [6.45, 7) is 2.68. The van der Waals surface area contributed by atoms with Gasteiger partial charge in [-0.1, -0.05) is 35.0 Å². The SMILES string of the molecule is CCN(Cc1ccc2c(c1)OCO2)S(=O)(=O)c1cccc(Br)c1. The predicted octanol–water partition coefficient (Wildman–Crippen LogP) is 3.39. The van der Waals surface area contributed by atoms with Gasteiger partial charge in [-0.3, -0.25) is 0 Å². The van der Waals surface area contributed by atoms with Gasteiger partial charge in [-0.15, -0.1) is 0 Å². The maximum atomic E-state index is 12.8. The lowest BCUT2D eigenvalue weighted by molar-refractivity contribution is 0.174. The van der Waals surface area contributed by atoms with Crippen LogP contribution < -0.4 is 9.47 Å². The van der Waals surface area contributed by atoms with Crippen molar-refractivity contribution in [3.05, 3.63) is 52.5 Å². The van der Waals surface area contributed by atoms with E-state index in [1.165, 1.54) is 4.31 Å². The Morgan fingerprint density at radius 3 is 2.65 bits per heavy atom. The standard InChI is InChI=1S/C16H16BrNO4S/c1-2-18(23(19,20)14-5-3-4-13(17)9-14)10-12-6-7-15-16(8-12)22-11-21-15/h3-9H,2,10-11H2,1H3. The highest BCUT2D eigenvalue weighted by Gasteiger charge is 2.24. The zero-order valence-electron chi connectivity index (χ0n) is 12.5. The molecule has 1 heterocycles. The van der Waals surface area contributed by atoms with Crippen LogP contribution in [0.25, 0.3) is 0 Å². The first kappa shape index (κ1) is 16.3. The number of rotatable bonds is 5. The van der Waals surface area contributed by atoms with Crippen molar-refractivity contribution in [2.24, 2.45) is 0 Å². The molecule has 0 aromatic heterocycles. The zero-order chi connectivity index (χ0) is 16.4. The summed E-state index contributed by atoms with van der Waals surface area (Å²) in [7, 11) is -3.55. The van der Waals surface area contributed by atoms with E-state index in [9.17, 15) is 8.42 Å². The van der Waals surface area contributed by atoms with E-state index in [-0.39, 0.29) is 18.2 Å². The molecule has 1 aliphatic heterocycles. The Bertz CT molecular complexity index is 823. The number of hydrogen-bond donors (Lipinski definition) is 0. The molecule has 0 radical (unpaired) electrons. The average Bonchev–Trinajstić information content (AvgIpc) is 3.00. The highest BCUT2D eigenvalue weighted by atomic mass is 79.9. The molecule has 0 unspecified atom stereocenters. The quantitative estimate of drug-likeness (QED) is 0.775. The van der Waals surface area contributed by atoms with Crippen molar-refractivity contribution in [3.8, 4) is 11.5 Å². The summed E-state index contributed by atoms with van der Waals surface area (Å²) in [5, 5.41) is 0. The molecular formula is C16H16BrNO4S. The van der Waals surface area contributed by atoms with Gasteiger partial charge in [-0.2, -0.15) is 4.31 Å². The van der Waals surface area contributed by atoms with E-state index in [0.29, 0.717) is 18.0 Å². The zero-order valence-corrected chi connectivity index (χ0v) is 14.9. The minimum Gasteiger partial charge on any atom is -0.454 e. The smallest absolute Gasteiger partial charge is 0.243 e. The van der Waals surface area contributed by atoms with Crippen molar-refractivity contribution >= 4 is 26.0 Å². The molecule has 0 N–H and O–H groups in total. The first-order chi connectivity index (χ1) is 11.0. The largest absolute Gasteiger partial charge is 0.454 e. The van der Waals surface area contributed by atoms with Crippen molar-refractivity contribution in [3.63, 3.8) is 0 Å². The lowest BCUT2D eigenvalue weighted by atomic mass is 10.2. The third kappa shape index (κ3) is 3.36. The fourth-order valence-electron chi connectivity index (χ4n) is 2.39. The first-order valence-corrected chi connectivity index (χ1v) is 9.38. The Morgan fingerprint density at radius 1 is 1.13 bits per heavy atom. The van der Waals surface area contributed by atoms with Crippen molar-refractivity contribution in [2.45, 2.75) is 18.4 Å². The lowest BCUT2D eigenvalue weighted by Crippen LogP contribution is -2.30. The van der Waals surface area contributed by atoms with E-state index in [1.807, 2.05) is 19.1 Å². The van der Waals surface area contributed by atoms with Crippen LogP contribution in [0.4, 0.5) is 0 Å². The van der Waals surface area contributed by atoms with Gasteiger partial charge < -0.3 is 9.47 Å². The van der Waals surface area contributed by atoms with Crippen LogP contribution in [0.3, 0.4) is 0 Å². The second-order valence-corrected chi connectivity index (χ2v) is 7.93. The van der Waals surface area contributed by atoms with E-state index in [1.54, 1.807) is 30.3 Å². The number of fused-ring (bicyclic) bond motifs is 1. The third-order valence-electron chi connectivity index (χ3n) is 3.58. The molecule has 0 amide bonds. The summed E-state index contributed by atoms with van der Waals surface area (Å²) in [6, 6.07) is 12.2. The molecule has 0 aliphatic carbocycles. The fourth-order valence-corrected chi connectivity index (χ4v) is 4.42. The highest BCUT2D eigenvalue weighted by Crippen LogP contribution is 2.33. The average molecular weight is 398 g/mol. The van der Waals surface area contributed by atoms with Gasteiger partial charge in [0, 0.05) is 17.6 Å². The van der Waals surface area contributed by atoms with Crippen LogP contribution >= 0.6 is 15.9 Å². The van der Waals surface area contributed by atoms with Crippen LogP contribution in [0.1, 0.15) is 12.5 Å². The molecule has 5 nitrogen and oxygen atoms in total. The molecule has 7 heteroatoms. The van der Waals surface area contributed by atoms with Crippen molar-refractivity contribution in [1.82, 2.24) is 4.31 Å². The van der Waals surface area contributed by atoms with Gasteiger partial charge in [-0.05, 0) is 35.9 Å². The molecule has 0 spiro atoms. The Kier molecular flexibility index (Phi) is 4.61. The van der Waals surface area contributed by atoms with Crippen LogP contribution in [0, 0.1) is 0 Å².